The molecule has 160 valence electrons. The summed E-state index contributed by atoms with van der Waals surface area (Å²) in [5.41, 5.74) is 0.0746. The SMILES string of the molecule is CC1CN(C[C@@H]2C[C@H](SC3=C(C(=O)O)N4C(=O)[C@H]([C@@H](C)O)[C@H]4[C@H]3C)CN2)C(=O)N1. The van der Waals surface area contributed by atoms with Crippen molar-refractivity contribution in [3.05, 3.63) is 10.6 Å². The van der Waals surface area contributed by atoms with E-state index in [1.807, 2.05) is 18.7 Å². The van der Waals surface area contributed by atoms with Gasteiger partial charge in [-0.2, -0.15) is 0 Å². The number of urea groups is 1. The van der Waals surface area contributed by atoms with Crippen LogP contribution in [0.25, 0.3) is 0 Å². The molecule has 0 saturated carbocycles. The van der Waals surface area contributed by atoms with E-state index in [9.17, 15) is 24.6 Å². The summed E-state index contributed by atoms with van der Waals surface area (Å²) in [6.45, 7) is 7.55. The van der Waals surface area contributed by atoms with Gasteiger partial charge in [0.2, 0.25) is 5.91 Å². The Hall–Kier alpha value is -1.78. The second-order valence-corrected chi connectivity index (χ2v) is 9.95. The van der Waals surface area contributed by atoms with Crippen LogP contribution in [0.5, 0.6) is 0 Å². The molecule has 4 aliphatic heterocycles. The lowest BCUT2D eigenvalue weighted by Gasteiger charge is -2.46. The van der Waals surface area contributed by atoms with Crippen LogP contribution in [-0.4, -0.2) is 87.0 Å². The molecule has 0 aromatic carbocycles. The molecule has 0 bridgehead atoms. The second-order valence-electron chi connectivity index (χ2n) is 8.61. The van der Waals surface area contributed by atoms with Gasteiger partial charge in [-0.1, -0.05) is 6.92 Å². The predicted molar refractivity (Wildman–Crippen MR) is 107 cm³/mol. The summed E-state index contributed by atoms with van der Waals surface area (Å²) in [7, 11) is 0. The lowest BCUT2D eigenvalue weighted by Crippen LogP contribution is -2.63. The average molecular weight is 425 g/mol. The first-order valence-corrected chi connectivity index (χ1v) is 11.0. The van der Waals surface area contributed by atoms with Gasteiger partial charge in [0, 0.05) is 47.8 Å². The van der Waals surface area contributed by atoms with Crippen LogP contribution in [0, 0.1) is 11.8 Å². The molecule has 4 rings (SSSR count). The largest absolute Gasteiger partial charge is 0.477 e. The molecule has 3 fully saturated rings. The smallest absolute Gasteiger partial charge is 0.353 e. The van der Waals surface area contributed by atoms with Crippen LogP contribution in [0.2, 0.25) is 0 Å². The number of β-lactam (4-membered cyclic amide) rings is 1. The number of carbonyl (C=O) groups excluding carboxylic acids is 2. The standard InChI is InChI=1S/C19H28N4O5S/c1-8-6-22(19(28)21-8)7-11-4-12(5-20-11)29-16-9(2)14-13(10(3)24)17(25)23(14)15(16)18(26)27/h8-14,20,24H,4-7H2,1-3H3,(H,21,28)(H,26,27)/t8?,9-,10-,11+,12+,13-,14-/m1/s1. The van der Waals surface area contributed by atoms with Crippen molar-refractivity contribution < 1.29 is 24.6 Å². The van der Waals surface area contributed by atoms with Gasteiger partial charge in [-0.05, 0) is 20.3 Å². The number of carboxylic acid groups (broad SMARTS) is 1. The van der Waals surface area contributed by atoms with Crippen molar-refractivity contribution in [1.82, 2.24) is 20.4 Å². The minimum atomic E-state index is -1.09. The van der Waals surface area contributed by atoms with Crippen LogP contribution in [0.15, 0.2) is 10.6 Å². The van der Waals surface area contributed by atoms with E-state index in [0.717, 1.165) is 17.9 Å². The van der Waals surface area contributed by atoms with Crippen molar-refractivity contribution in [2.75, 3.05) is 19.6 Å². The van der Waals surface area contributed by atoms with Gasteiger partial charge in [0.1, 0.15) is 5.70 Å². The van der Waals surface area contributed by atoms with Crippen LogP contribution in [0.4, 0.5) is 4.79 Å². The van der Waals surface area contributed by atoms with Crippen molar-refractivity contribution in [2.24, 2.45) is 11.8 Å². The molecule has 29 heavy (non-hydrogen) atoms. The summed E-state index contributed by atoms with van der Waals surface area (Å²) >= 11 is 1.53. The summed E-state index contributed by atoms with van der Waals surface area (Å²) in [5.74, 6) is -2.05. The number of hydrogen-bond acceptors (Lipinski definition) is 6. The van der Waals surface area contributed by atoms with Gasteiger partial charge in [0.25, 0.3) is 0 Å². The number of carbonyl (C=O) groups is 3. The number of aliphatic hydroxyl groups is 1. The summed E-state index contributed by atoms with van der Waals surface area (Å²) < 4.78 is 0. The molecule has 4 N–H and O–H groups in total. The Morgan fingerprint density at radius 3 is 2.66 bits per heavy atom. The van der Waals surface area contributed by atoms with E-state index in [0.29, 0.717) is 13.1 Å². The highest BCUT2D eigenvalue weighted by molar-refractivity contribution is 8.03. The van der Waals surface area contributed by atoms with E-state index >= 15 is 0 Å². The number of thioether (sulfide) groups is 1. The Labute approximate surface area is 173 Å². The maximum Gasteiger partial charge on any atom is 0.353 e. The van der Waals surface area contributed by atoms with Gasteiger partial charge in [-0.25, -0.2) is 9.59 Å². The van der Waals surface area contributed by atoms with Gasteiger partial charge < -0.3 is 30.6 Å². The lowest BCUT2D eigenvalue weighted by molar-refractivity contribution is -0.163. The first-order valence-electron chi connectivity index (χ1n) is 10.1. The van der Waals surface area contributed by atoms with E-state index in [4.69, 9.17) is 0 Å². The fraction of sp³-hybridized carbons (Fsp3) is 0.737. The van der Waals surface area contributed by atoms with E-state index in [1.54, 1.807) is 6.92 Å². The number of amides is 3. The molecule has 10 heteroatoms. The van der Waals surface area contributed by atoms with Crippen LogP contribution >= 0.6 is 11.8 Å². The molecule has 3 amide bonds. The zero-order valence-electron chi connectivity index (χ0n) is 16.8. The van der Waals surface area contributed by atoms with Crippen molar-refractivity contribution in [2.45, 2.75) is 56.7 Å². The molecule has 0 aromatic rings. The number of hydrogen-bond donors (Lipinski definition) is 4. The van der Waals surface area contributed by atoms with Gasteiger partial charge in [-0.15, -0.1) is 11.8 Å². The molecule has 0 aliphatic carbocycles. The number of aliphatic carboxylic acids is 1. The number of aliphatic hydroxyl groups excluding tert-OH is 1. The Balaban J connectivity index is 1.43. The molecular weight excluding hydrogens is 396 g/mol. The van der Waals surface area contributed by atoms with Crippen LogP contribution in [0.3, 0.4) is 0 Å². The van der Waals surface area contributed by atoms with Crippen molar-refractivity contribution >= 4 is 29.7 Å². The maximum atomic E-state index is 12.4. The van der Waals surface area contributed by atoms with Gasteiger partial charge in [-0.3, -0.25) is 4.79 Å². The Kier molecular flexibility index (Phi) is 5.28. The Morgan fingerprint density at radius 1 is 1.34 bits per heavy atom. The third-order valence-corrected chi connectivity index (χ3v) is 7.89. The van der Waals surface area contributed by atoms with Crippen LogP contribution < -0.4 is 10.6 Å². The molecule has 9 nitrogen and oxygen atoms in total. The zero-order valence-corrected chi connectivity index (χ0v) is 17.6. The first kappa shape index (κ1) is 20.5. The minimum absolute atomic E-state index is 0.0391. The zero-order chi connectivity index (χ0) is 21.0. The van der Waals surface area contributed by atoms with E-state index in [1.165, 1.54) is 16.7 Å². The average Bonchev–Trinajstić information content (AvgIpc) is 3.26. The van der Waals surface area contributed by atoms with Gasteiger partial charge >= 0.3 is 12.0 Å². The van der Waals surface area contributed by atoms with E-state index in [-0.39, 0.29) is 46.9 Å². The predicted octanol–water partition coefficient (Wildman–Crippen LogP) is 0.0175. The fourth-order valence-corrected chi connectivity index (χ4v) is 6.57. The highest BCUT2D eigenvalue weighted by Gasteiger charge is 2.60. The number of carboxylic acids is 1. The van der Waals surface area contributed by atoms with Crippen LogP contribution in [-0.2, 0) is 9.59 Å². The molecule has 4 heterocycles. The molecule has 1 unspecified atom stereocenters. The van der Waals surface area contributed by atoms with Gasteiger partial charge in [0.05, 0.1) is 18.1 Å². The first-order chi connectivity index (χ1) is 13.7. The van der Waals surface area contributed by atoms with E-state index in [2.05, 4.69) is 10.6 Å². The minimum Gasteiger partial charge on any atom is -0.477 e. The molecule has 0 spiro atoms. The number of fused-ring (bicyclic) bond motifs is 1. The molecular formula is C19H28N4O5S. The van der Waals surface area contributed by atoms with Crippen molar-refractivity contribution in [1.29, 1.82) is 0 Å². The highest BCUT2D eigenvalue weighted by Crippen LogP contribution is 2.51. The van der Waals surface area contributed by atoms with Gasteiger partial charge in [0.15, 0.2) is 0 Å². The molecule has 4 aliphatic rings. The summed E-state index contributed by atoms with van der Waals surface area (Å²) in [6.07, 6.45) is 0.0295. The fourth-order valence-electron chi connectivity index (χ4n) is 5.05. The van der Waals surface area contributed by atoms with E-state index < -0.39 is 18.0 Å². The van der Waals surface area contributed by atoms with Crippen molar-refractivity contribution in [3.8, 4) is 0 Å². The lowest BCUT2D eigenvalue weighted by atomic mass is 9.79. The molecule has 3 saturated heterocycles. The Morgan fingerprint density at radius 2 is 2.07 bits per heavy atom. The number of rotatable bonds is 6. The molecule has 0 aromatic heterocycles. The summed E-state index contributed by atoms with van der Waals surface area (Å²) in [5, 5.41) is 26.2. The summed E-state index contributed by atoms with van der Waals surface area (Å²) in [6, 6.07) is -0.00240. The summed E-state index contributed by atoms with van der Waals surface area (Å²) in [4.78, 5) is 40.2. The quantitative estimate of drug-likeness (QED) is 0.443. The number of nitrogens with one attached hydrogen (secondary N) is 2. The topological polar surface area (TPSA) is 122 Å². The van der Waals surface area contributed by atoms with Crippen molar-refractivity contribution in [3.63, 3.8) is 0 Å². The maximum absolute atomic E-state index is 12.4. The van der Waals surface area contributed by atoms with Crippen LogP contribution in [0.1, 0.15) is 27.2 Å². The third kappa shape index (κ3) is 3.40. The molecule has 7 atom stereocenters. The normalized spacial score (nSPS) is 37.7. The highest BCUT2D eigenvalue weighted by atomic mass is 32.2. The Bertz CT molecular complexity index is 772. The second kappa shape index (κ2) is 7.48. The number of nitrogens with zero attached hydrogens (tertiary/aromatic N) is 2. The monoisotopic (exact) mass is 424 g/mol. The molecule has 0 radical (unpaired) electrons. The third-order valence-electron chi connectivity index (χ3n) is 6.38.